The van der Waals surface area contributed by atoms with E-state index in [9.17, 15) is 9.59 Å². The number of nitrogens with zero attached hydrogens (tertiary/aromatic N) is 2. The summed E-state index contributed by atoms with van der Waals surface area (Å²) in [5, 5.41) is 3.45. The van der Waals surface area contributed by atoms with Crippen molar-refractivity contribution in [1.29, 1.82) is 0 Å². The number of aryl methyl sites for hydroxylation is 1. The molecule has 0 saturated carbocycles. The number of thioether (sulfide) groups is 1. The van der Waals surface area contributed by atoms with Gasteiger partial charge in [-0.25, -0.2) is 0 Å². The topological polar surface area (TPSA) is 73.2 Å². The highest BCUT2D eigenvalue weighted by Gasteiger charge is 2.33. The quantitative estimate of drug-likeness (QED) is 0.330. The van der Waals surface area contributed by atoms with Crippen molar-refractivity contribution < 1.29 is 9.53 Å². The molecule has 0 fully saturated rings. The van der Waals surface area contributed by atoms with E-state index in [1.807, 2.05) is 38.2 Å². The van der Waals surface area contributed by atoms with Crippen LogP contribution in [0.2, 0.25) is 0 Å². The van der Waals surface area contributed by atoms with Gasteiger partial charge in [-0.1, -0.05) is 72.4 Å². The Morgan fingerprint density at radius 3 is 2.72 bits per heavy atom. The molecule has 1 N–H and O–H groups in total. The number of benzene rings is 2. The van der Waals surface area contributed by atoms with E-state index in [1.54, 1.807) is 10.6 Å². The lowest BCUT2D eigenvalue weighted by Crippen LogP contribution is -2.33. The summed E-state index contributed by atoms with van der Waals surface area (Å²) in [7, 11) is 1.82. The summed E-state index contributed by atoms with van der Waals surface area (Å²) >= 11 is 1.47. The Hall–Kier alpha value is -3.32. The van der Waals surface area contributed by atoms with Crippen LogP contribution in [0.3, 0.4) is 0 Å². The SMILES string of the molecule is C=CCOc1ccccc1[C@H]1CC(=O)Nc2c1c(=O)nc(SCc1ccc(C)cc1)n2C. The third-order valence-corrected chi connectivity index (χ3v) is 6.54. The first-order chi connectivity index (χ1) is 15.5. The maximum Gasteiger partial charge on any atom is 0.279 e. The van der Waals surface area contributed by atoms with Gasteiger partial charge in [0.1, 0.15) is 18.2 Å². The number of rotatable bonds is 7. The highest BCUT2D eigenvalue weighted by atomic mass is 32.2. The molecule has 3 aromatic rings. The number of carbonyl (C=O) groups is 1. The fourth-order valence-electron chi connectivity index (χ4n) is 3.81. The number of anilines is 1. The molecule has 0 spiro atoms. The average Bonchev–Trinajstić information content (AvgIpc) is 2.79. The van der Waals surface area contributed by atoms with E-state index in [0.717, 1.165) is 11.1 Å². The fourth-order valence-corrected chi connectivity index (χ4v) is 4.73. The third kappa shape index (κ3) is 4.48. The molecule has 164 valence electrons. The second-order valence-corrected chi connectivity index (χ2v) is 8.68. The molecule has 6 nitrogen and oxygen atoms in total. The number of fused-ring (bicyclic) bond motifs is 1. The first-order valence-electron chi connectivity index (χ1n) is 10.4. The number of aromatic nitrogens is 2. The molecule has 0 unspecified atom stereocenters. The van der Waals surface area contributed by atoms with Gasteiger partial charge in [-0.15, -0.1) is 0 Å². The van der Waals surface area contributed by atoms with E-state index < -0.39 is 5.92 Å². The Kier molecular flexibility index (Phi) is 6.46. The van der Waals surface area contributed by atoms with Crippen molar-refractivity contribution in [2.75, 3.05) is 11.9 Å². The van der Waals surface area contributed by atoms with Crippen molar-refractivity contribution in [3.8, 4) is 5.75 Å². The Balaban J connectivity index is 1.71. The summed E-state index contributed by atoms with van der Waals surface area (Å²) in [6, 6.07) is 15.7. The molecule has 4 rings (SSSR count). The van der Waals surface area contributed by atoms with Crippen molar-refractivity contribution in [2.24, 2.45) is 7.05 Å². The van der Waals surface area contributed by atoms with Crippen molar-refractivity contribution in [2.45, 2.75) is 30.2 Å². The van der Waals surface area contributed by atoms with Gasteiger partial charge < -0.3 is 14.6 Å². The molecule has 0 radical (unpaired) electrons. The first kappa shape index (κ1) is 21.9. The van der Waals surface area contributed by atoms with Gasteiger partial charge in [-0.05, 0) is 18.6 Å². The summed E-state index contributed by atoms with van der Waals surface area (Å²) in [6.45, 7) is 6.08. The second kappa shape index (κ2) is 9.44. The van der Waals surface area contributed by atoms with E-state index in [4.69, 9.17) is 4.74 Å². The van der Waals surface area contributed by atoms with Gasteiger partial charge in [0.25, 0.3) is 5.56 Å². The molecule has 0 saturated heterocycles. The molecule has 1 aromatic heterocycles. The Labute approximate surface area is 191 Å². The zero-order valence-electron chi connectivity index (χ0n) is 18.1. The van der Waals surface area contributed by atoms with Crippen LogP contribution >= 0.6 is 11.8 Å². The van der Waals surface area contributed by atoms with E-state index in [2.05, 4.69) is 41.1 Å². The van der Waals surface area contributed by atoms with Gasteiger partial charge in [-0.2, -0.15) is 4.98 Å². The van der Waals surface area contributed by atoms with Gasteiger partial charge in [0, 0.05) is 30.7 Å². The third-order valence-electron chi connectivity index (χ3n) is 5.44. The van der Waals surface area contributed by atoms with Crippen molar-refractivity contribution in [1.82, 2.24) is 9.55 Å². The summed E-state index contributed by atoms with van der Waals surface area (Å²) in [5.74, 6) is 1.24. The van der Waals surface area contributed by atoms with E-state index in [1.165, 1.54) is 17.3 Å². The second-order valence-electron chi connectivity index (χ2n) is 7.74. The minimum atomic E-state index is -0.429. The van der Waals surface area contributed by atoms with Crippen LogP contribution in [0.1, 0.15) is 34.6 Å². The van der Waals surface area contributed by atoms with Crippen LogP contribution in [-0.4, -0.2) is 22.1 Å². The smallest absolute Gasteiger partial charge is 0.279 e. The first-order valence-corrected chi connectivity index (χ1v) is 11.4. The minimum Gasteiger partial charge on any atom is -0.489 e. The van der Waals surface area contributed by atoms with Crippen molar-refractivity contribution in [3.63, 3.8) is 0 Å². The number of nitrogens with one attached hydrogen (secondary N) is 1. The Bertz CT molecular complexity index is 1220. The molecule has 1 aliphatic heterocycles. The average molecular weight is 448 g/mol. The van der Waals surface area contributed by atoms with Crippen LogP contribution in [0.25, 0.3) is 0 Å². The lowest BCUT2D eigenvalue weighted by molar-refractivity contribution is -0.116. The maximum absolute atomic E-state index is 13.2. The van der Waals surface area contributed by atoms with E-state index >= 15 is 0 Å². The molecular weight excluding hydrogens is 422 g/mol. The molecule has 0 aliphatic carbocycles. The van der Waals surface area contributed by atoms with Crippen LogP contribution in [0.4, 0.5) is 5.82 Å². The number of para-hydroxylation sites is 1. The van der Waals surface area contributed by atoms with Gasteiger partial charge >= 0.3 is 0 Å². The largest absolute Gasteiger partial charge is 0.489 e. The number of ether oxygens (including phenoxy) is 1. The fraction of sp³-hybridized carbons (Fsp3) is 0.240. The molecule has 0 bridgehead atoms. The van der Waals surface area contributed by atoms with Crippen molar-refractivity contribution >= 4 is 23.5 Å². The minimum absolute atomic E-state index is 0.142. The molecule has 2 aromatic carbocycles. The zero-order valence-corrected chi connectivity index (χ0v) is 18.9. The predicted octanol–water partition coefficient (Wildman–Crippen LogP) is 4.42. The van der Waals surface area contributed by atoms with Gasteiger partial charge in [0.05, 0.1) is 5.56 Å². The van der Waals surface area contributed by atoms with Crippen LogP contribution in [-0.2, 0) is 17.6 Å². The van der Waals surface area contributed by atoms with Crippen LogP contribution in [0, 0.1) is 6.92 Å². The summed E-state index contributed by atoms with van der Waals surface area (Å²) in [4.78, 5) is 30.1. The van der Waals surface area contributed by atoms with E-state index in [0.29, 0.717) is 34.6 Å². The van der Waals surface area contributed by atoms with Crippen LogP contribution < -0.4 is 15.6 Å². The summed E-state index contributed by atoms with van der Waals surface area (Å²) < 4.78 is 7.59. The predicted molar refractivity (Wildman–Crippen MR) is 127 cm³/mol. The molecule has 1 atom stereocenters. The number of hydrogen-bond donors (Lipinski definition) is 1. The molecule has 1 aliphatic rings. The highest BCUT2D eigenvalue weighted by Crippen LogP contribution is 2.39. The van der Waals surface area contributed by atoms with Crippen molar-refractivity contribution in [3.05, 3.63) is 93.8 Å². The number of hydrogen-bond acceptors (Lipinski definition) is 5. The van der Waals surface area contributed by atoms with Crippen LogP contribution in [0.5, 0.6) is 5.75 Å². The number of amides is 1. The maximum atomic E-state index is 13.2. The number of carbonyl (C=O) groups excluding carboxylic acids is 1. The molecular formula is C25H25N3O3S. The Morgan fingerprint density at radius 1 is 1.22 bits per heavy atom. The molecule has 1 amide bonds. The van der Waals surface area contributed by atoms with Gasteiger partial charge in [-0.3, -0.25) is 9.59 Å². The standard InChI is InChI=1S/C25H25N3O3S/c1-4-13-31-20-8-6-5-7-18(20)19-14-21(29)26-23-22(19)24(30)27-25(28(23)3)32-15-17-11-9-16(2)10-12-17/h4-12,19H,1,13-15H2,2-3H3,(H,26,29)/t19-/m1/s1. The van der Waals surface area contributed by atoms with Gasteiger partial charge in [0.2, 0.25) is 5.91 Å². The lowest BCUT2D eigenvalue weighted by Gasteiger charge is -2.28. The lowest BCUT2D eigenvalue weighted by atomic mass is 9.86. The summed E-state index contributed by atoms with van der Waals surface area (Å²) in [6.07, 6.45) is 1.82. The van der Waals surface area contributed by atoms with E-state index in [-0.39, 0.29) is 17.9 Å². The molecule has 7 heteroatoms. The Morgan fingerprint density at radius 2 is 1.97 bits per heavy atom. The summed E-state index contributed by atoms with van der Waals surface area (Å²) in [5.41, 5.74) is 3.30. The zero-order chi connectivity index (χ0) is 22.7. The normalized spacial score (nSPS) is 15.1. The molecule has 32 heavy (non-hydrogen) atoms. The van der Waals surface area contributed by atoms with Gasteiger partial charge in [0.15, 0.2) is 5.16 Å². The highest BCUT2D eigenvalue weighted by molar-refractivity contribution is 7.98. The molecule has 2 heterocycles. The van der Waals surface area contributed by atoms with Crippen LogP contribution in [0.15, 0.2) is 71.1 Å². The monoisotopic (exact) mass is 447 g/mol.